The van der Waals surface area contributed by atoms with Crippen molar-refractivity contribution in [3.63, 3.8) is 0 Å². The second-order valence-electron chi connectivity index (χ2n) is 3.83. The molecular formula is C12H29NO5Si. The van der Waals surface area contributed by atoms with Gasteiger partial charge in [0.2, 0.25) is 6.29 Å². The molecule has 7 heteroatoms. The van der Waals surface area contributed by atoms with Crippen molar-refractivity contribution >= 4 is 9.76 Å². The van der Waals surface area contributed by atoms with Gasteiger partial charge in [-0.05, 0) is 39.8 Å². The molecule has 0 aromatic heterocycles. The van der Waals surface area contributed by atoms with E-state index in [1.807, 2.05) is 20.8 Å². The predicted octanol–water partition coefficient (Wildman–Crippen LogP) is 0.590. The van der Waals surface area contributed by atoms with Gasteiger partial charge < -0.3 is 29.1 Å². The maximum Gasteiger partial charge on any atom is 0.336 e. The third kappa shape index (κ3) is 6.80. The van der Waals surface area contributed by atoms with Crippen molar-refractivity contribution in [2.45, 2.75) is 45.5 Å². The Hall–Kier alpha value is -0.0231. The van der Waals surface area contributed by atoms with Crippen LogP contribution in [-0.4, -0.2) is 55.5 Å². The lowest BCUT2D eigenvalue weighted by Gasteiger charge is -2.37. The van der Waals surface area contributed by atoms with Gasteiger partial charge >= 0.3 is 5.97 Å². The van der Waals surface area contributed by atoms with Crippen LogP contribution in [0.3, 0.4) is 0 Å². The molecule has 0 rings (SSSR count). The van der Waals surface area contributed by atoms with E-state index in [1.165, 1.54) is 7.11 Å². The van der Waals surface area contributed by atoms with Crippen LogP contribution in [0.25, 0.3) is 0 Å². The van der Waals surface area contributed by atoms with Crippen molar-refractivity contribution in [2.75, 3.05) is 33.5 Å². The van der Waals surface area contributed by atoms with Gasteiger partial charge in [0, 0.05) is 26.9 Å². The summed E-state index contributed by atoms with van der Waals surface area (Å²) in [5, 5.41) is 0. The zero-order chi connectivity index (χ0) is 14.6. The monoisotopic (exact) mass is 295 g/mol. The quantitative estimate of drug-likeness (QED) is 0.305. The second-order valence-corrected chi connectivity index (χ2v) is 5.28. The van der Waals surface area contributed by atoms with Gasteiger partial charge in [0.15, 0.2) is 9.76 Å². The lowest BCUT2D eigenvalue weighted by atomic mass is 10.5. The molecule has 0 fully saturated rings. The van der Waals surface area contributed by atoms with Crippen molar-refractivity contribution < 1.29 is 23.4 Å². The van der Waals surface area contributed by atoms with Gasteiger partial charge in [-0.25, -0.2) is 0 Å². The number of methoxy groups -OCH3 is 1. The summed E-state index contributed by atoms with van der Waals surface area (Å²) in [6, 6.07) is 0.998. The minimum atomic E-state index is -1.28. The molecular weight excluding hydrogens is 266 g/mol. The highest BCUT2D eigenvalue weighted by Gasteiger charge is 2.43. The van der Waals surface area contributed by atoms with E-state index in [1.54, 1.807) is 0 Å². The van der Waals surface area contributed by atoms with Gasteiger partial charge in [0.25, 0.3) is 0 Å². The Labute approximate surface area is 118 Å². The molecule has 1 unspecified atom stereocenters. The molecule has 0 aliphatic carbocycles. The van der Waals surface area contributed by atoms with E-state index in [9.17, 15) is 0 Å². The molecule has 0 spiro atoms. The first-order valence-corrected chi connectivity index (χ1v) is 8.54. The Bertz CT molecular complexity index is 203. The van der Waals surface area contributed by atoms with Crippen molar-refractivity contribution in [1.82, 2.24) is 0 Å². The molecule has 0 saturated carbocycles. The lowest BCUT2D eigenvalue weighted by Crippen LogP contribution is -2.52. The molecule has 6 nitrogen and oxygen atoms in total. The fourth-order valence-corrected chi connectivity index (χ4v) is 2.81. The Morgan fingerprint density at radius 2 is 1.74 bits per heavy atom. The molecule has 0 amide bonds. The van der Waals surface area contributed by atoms with Crippen LogP contribution in [0.15, 0.2) is 0 Å². The molecule has 1 atom stereocenters. The minimum absolute atomic E-state index is 0.450. The number of nitrogens with two attached hydrogens (primary N) is 1. The van der Waals surface area contributed by atoms with Crippen LogP contribution < -0.4 is 5.73 Å². The summed E-state index contributed by atoms with van der Waals surface area (Å²) < 4.78 is 28.0. The summed E-state index contributed by atoms with van der Waals surface area (Å²) in [6.07, 6.45) is 0.306. The van der Waals surface area contributed by atoms with Crippen LogP contribution in [0.4, 0.5) is 0 Å². The van der Waals surface area contributed by atoms with Crippen molar-refractivity contribution in [3.8, 4) is 0 Å². The Morgan fingerprint density at radius 3 is 2.16 bits per heavy atom. The number of hydrogen-bond donors (Lipinski definition) is 1. The van der Waals surface area contributed by atoms with E-state index in [0.717, 1.165) is 12.5 Å². The average molecular weight is 295 g/mol. The number of ether oxygens (including phenoxy) is 4. The highest BCUT2D eigenvalue weighted by atomic mass is 28.2. The van der Waals surface area contributed by atoms with Gasteiger partial charge in [-0.1, -0.05) is 0 Å². The van der Waals surface area contributed by atoms with Gasteiger partial charge in [0.05, 0.1) is 0 Å². The molecule has 0 aromatic carbocycles. The maximum atomic E-state index is 5.83. The summed E-state index contributed by atoms with van der Waals surface area (Å²) in [7, 11) is 0.794. The maximum absolute atomic E-state index is 5.83. The molecule has 19 heavy (non-hydrogen) atoms. The van der Waals surface area contributed by atoms with Crippen LogP contribution in [0.5, 0.6) is 0 Å². The highest BCUT2D eigenvalue weighted by molar-refractivity contribution is 6.27. The van der Waals surface area contributed by atoms with E-state index in [4.69, 9.17) is 29.1 Å². The summed E-state index contributed by atoms with van der Waals surface area (Å²) in [5.74, 6) is -1.28. The van der Waals surface area contributed by atoms with Gasteiger partial charge in [-0.15, -0.1) is 0 Å². The molecule has 2 N–H and O–H groups in total. The summed E-state index contributed by atoms with van der Waals surface area (Å²) in [6.45, 7) is 7.73. The van der Waals surface area contributed by atoms with Crippen LogP contribution in [-0.2, 0) is 23.4 Å². The second kappa shape index (κ2) is 11.8. The molecule has 0 radical (unpaired) electrons. The Kier molecular flexibility index (Phi) is 11.8. The van der Waals surface area contributed by atoms with E-state index in [2.05, 4.69) is 0 Å². The predicted molar refractivity (Wildman–Crippen MR) is 76.5 cm³/mol. The highest BCUT2D eigenvalue weighted by Crippen LogP contribution is 2.23. The van der Waals surface area contributed by atoms with E-state index in [0.29, 0.717) is 26.4 Å². The molecule has 0 aromatic rings. The first-order chi connectivity index (χ1) is 9.20. The molecule has 0 bridgehead atoms. The van der Waals surface area contributed by atoms with Crippen LogP contribution >= 0.6 is 0 Å². The fourth-order valence-electron chi connectivity index (χ4n) is 1.63. The SMILES string of the molecule is CCOC(O[SiH2]CCCN)C(OC)(OCC)OCC. The van der Waals surface area contributed by atoms with Crippen LogP contribution in [0.1, 0.15) is 27.2 Å². The van der Waals surface area contributed by atoms with Crippen LogP contribution in [0.2, 0.25) is 6.04 Å². The van der Waals surface area contributed by atoms with Crippen molar-refractivity contribution in [3.05, 3.63) is 0 Å². The first kappa shape index (κ1) is 19.0. The molecule has 0 heterocycles. The number of hydrogen-bond acceptors (Lipinski definition) is 6. The molecule has 0 saturated heterocycles. The smallest absolute Gasteiger partial charge is 0.336 e. The normalized spacial score (nSPS) is 14.4. The third-order valence-corrected chi connectivity index (χ3v) is 3.78. The Balaban J connectivity index is 4.62. The van der Waals surface area contributed by atoms with Gasteiger partial charge in [0.1, 0.15) is 0 Å². The summed E-state index contributed by atoms with van der Waals surface area (Å²) in [4.78, 5) is 0. The fraction of sp³-hybridized carbons (Fsp3) is 1.00. The largest absolute Gasteiger partial charge is 0.394 e. The number of rotatable bonds is 13. The lowest BCUT2D eigenvalue weighted by molar-refractivity contribution is -0.436. The zero-order valence-electron chi connectivity index (χ0n) is 12.6. The van der Waals surface area contributed by atoms with Gasteiger partial charge in [-0.3, -0.25) is 0 Å². The molecule has 0 aliphatic rings. The average Bonchev–Trinajstić information content (AvgIpc) is 2.42. The third-order valence-electron chi connectivity index (χ3n) is 2.45. The topological polar surface area (TPSA) is 72.2 Å². The first-order valence-electron chi connectivity index (χ1n) is 6.96. The van der Waals surface area contributed by atoms with Gasteiger partial charge in [-0.2, -0.15) is 0 Å². The molecule has 0 aliphatic heterocycles. The summed E-state index contributed by atoms with van der Waals surface area (Å²) in [5.41, 5.74) is 5.47. The van der Waals surface area contributed by atoms with Crippen molar-refractivity contribution in [2.24, 2.45) is 5.73 Å². The molecule has 116 valence electrons. The van der Waals surface area contributed by atoms with Crippen LogP contribution in [0, 0.1) is 0 Å². The van der Waals surface area contributed by atoms with Crippen molar-refractivity contribution in [1.29, 1.82) is 0 Å². The van der Waals surface area contributed by atoms with E-state index >= 15 is 0 Å². The summed E-state index contributed by atoms with van der Waals surface area (Å²) >= 11 is 0. The Morgan fingerprint density at radius 1 is 1.11 bits per heavy atom. The minimum Gasteiger partial charge on any atom is -0.394 e. The standard InChI is InChI=1S/C12H29NO5Si/c1-5-15-11(18-19-10-8-9-13)12(14-4,16-6-2)17-7-3/h11H,5-10,13,19H2,1-4H3. The van der Waals surface area contributed by atoms with E-state index in [-0.39, 0.29) is 0 Å². The van der Waals surface area contributed by atoms with E-state index < -0.39 is 22.0 Å². The zero-order valence-corrected chi connectivity index (χ0v) is 14.1.